The second-order valence-corrected chi connectivity index (χ2v) is 6.36. The van der Waals surface area contributed by atoms with E-state index in [2.05, 4.69) is 0 Å². The van der Waals surface area contributed by atoms with Crippen LogP contribution >= 0.6 is 23.2 Å². The van der Waals surface area contributed by atoms with Crippen LogP contribution in [0, 0.1) is 0 Å². The molecule has 0 unspecified atom stereocenters. The Balaban J connectivity index is 3.66. The molecule has 16 heavy (non-hydrogen) atoms. The first-order valence-electron chi connectivity index (χ1n) is 3.50. The predicted octanol–water partition coefficient (Wildman–Crippen LogP) is 1.30. The van der Waals surface area contributed by atoms with Gasteiger partial charge in [-0.25, -0.2) is 13.6 Å². The predicted molar refractivity (Wildman–Crippen MR) is 56.1 cm³/mol. The second kappa shape index (κ2) is 4.11. The van der Waals surface area contributed by atoms with Crippen LogP contribution in [0.25, 0.3) is 0 Å². The van der Waals surface area contributed by atoms with Crippen LogP contribution in [-0.2, 0) is 20.2 Å². The fraction of sp³-hybridized carbons (Fsp3) is 0. The van der Waals surface area contributed by atoms with E-state index < -0.39 is 40.1 Å². The lowest BCUT2D eigenvalue weighted by Crippen LogP contribution is -2.12. The van der Waals surface area contributed by atoms with Crippen molar-refractivity contribution in [3.63, 3.8) is 0 Å². The van der Waals surface area contributed by atoms with Gasteiger partial charge in [0, 0.05) is 0 Å². The van der Waals surface area contributed by atoms with Crippen molar-refractivity contribution in [1.29, 1.82) is 0 Å². The average molecular weight is 308 g/mol. The van der Waals surface area contributed by atoms with E-state index in [9.17, 15) is 20.7 Å². The van der Waals surface area contributed by atoms with E-state index in [1.165, 1.54) is 0 Å². The lowest BCUT2D eigenvalue weighted by Gasteiger charge is -2.05. The van der Waals surface area contributed by atoms with Crippen LogP contribution in [0.3, 0.4) is 0 Å². The minimum absolute atomic E-state index is 0.505. The molecule has 2 N–H and O–H groups in total. The van der Waals surface area contributed by atoms with Gasteiger partial charge in [0.15, 0.2) is 0 Å². The molecule has 0 aliphatic heterocycles. The van der Waals surface area contributed by atoms with Gasteiger partial charge in [0.1, 0.15) is 4.90 Å². The zero-order chi connectivity index (χ0) is 12.7. The number of nitrogens with two attached hydrogens (primary N) is 1. The maximum atomic E-state index is 12.7. The third-order valence-corrected chi connectivity index (χ3v) is 4.18. The third kappa shape index (κ3) is 2.83. The van der Waals surface area contributed by atoms with Gasteiger partial charge in [0.2, 0.25) is 10.0 Å². The summed E-state index contributed by atoms with van der Waals surface area (Å²) in [6.07, 6.45) is 0. The Labute approximate surface area is 101 Å². The van der Waals surface area contributed by atoms with Gasteiger partial charge in [-0.1, -0.05) is 23.2 Å². The van der Waals surface area contributed by atoms with Crippen molar-refractivity contribution in [3.05, 3.63) is 22.2 Å². The highest BCUT2D eigenvalue weighted by molar-refractivity contribution is 7.89. The summed E-state index contributed by atoms with van der Waals surface area (Å²) in [6, 6.07) is 1.41. The van der Waals surface area contributed by atoms with Gasteiger partial charge >= 0.3 is 10.2 Å². The zero-order valence-electron chi connectivity index (χ0n) is 7.32. The average Bonchev–Trinajstić information content (AvgIpc) is 1.97. The molecule has 0 atom stereocenters. The van der Waals surface area contributed by atoms with E-state index in [1.54, 1.807) is 0 Å². The molecule has 5 nitrogen and oxygen atoms in total. The van der Waals surface area contributed by atoms with Crippen molar-refractivity contribution in [2.24, 2.45) is 5.14 Å². The van der Waals surface area contributed by atoms with Gasteiger partial charge in [-0.05, 0) is 12.1 Å². The Morgan fingerprint density at radius 2 is 1.44 bits per heavy atom. The molecule has 0 amide bonds. The maximum absolute atomic E-state index is 12.7. The summed E-state index contributed by atoms with van der Waals surface area (Å²) in [7, 11) is -9.22. The van der Waals surface area contributed by atoms with Gasteiger partial charge in [0.05, 0.1) is 14.9 Å². The number of benzene rings is 1. The molecule has 0 spiro atoms. The molecule has 1 rings (SSSR count). The Morgan fingerprint density at radius 1 is 1.06 bits per heavy atom. The van der Waals surface area contributed by atoms with E-state index in [1.807, 2.05) is 0 Å². The SMILES string of the molecule is NS(=O)(=O)c1cc(Cl)c(S(=O)(=O)F)c(Cl)c1. The molecular weight excluding hydrogens is 304 g/mol. The molecule has 0 aromatic heterocycles. The number of rotatable bonds is 2. The number of sulfonamides is 1. The van der Waals surface area contributed by atoms with Crippen molar-refractivity contribution >= 4 is 43.4 Å². The maximum Gasteiger partial charge on any atom is 0.335 e. The zero-order valence-corrected chi connectivity index (χ0v) is 10.5. The Hall–Kier alpha value is -0.410. The first-order valence-corrected chi connectivity index (χ1v) is 7.18. The molecule has 10 heteroatoms. The summed E-state index contributed by atoms with van der Waals surface area (Å²) in [5.74, 6) is 0. The largest absolute Gasteiger partial charge is 0.335 e. The topological polar surface area (TPSA) is 94.3 Å². The molecule has 0 radical (unpaired) electrons. The molecule has 1 aromatic carbocycles. The molecule has 0 saturated heterocycles. The second-order valence-electron chi connectivity index (χ2n) is 2.70. The van der Waals surface area contributed by atoms with E-state index >= 15 is 0 Å². The van der Waals surface area contributed by atoms with Crippen LogP contribution < -0.4 is 5.14 Å². The highest BCUT2D eigenvalue weighted by Gasteiger charge is 2.23. The van der Waals surface area contributed by atoms with Gasteiger partial charge in [-0.3, -0.25) is 0 Å². The molecule has 0 bridgehead atoms. The van der Waals surface area contributed by atoms with Crippen LogP contribution in [0.5, 0.6) is 0 Å². The summed E-state index contributed by atoms with van der Waals surface area (Å²) >= 11 is 10.8. The van der Waals surface area contributed by atoms with Crippen LogP contribution in [0.4, 0.5) is 3.89 Å². The standard InChI is InChI=1S/C6H4Cl2FNO4S2/c7-4-1-3(16(10,13)14)2-5(8)6(4)15(9,11)12/h1-2H,(H2,10,13,14). The van der Waals surface area contributed by atoms with Gasteiger partial charge in [0.25, 0.3) is 0 Å². The summed E-state index contributed by atoms with van der Waals surface area (Å²) in [6.45, 7) is 0. The molecule has 0 aliphatic carbocycles. The van der Waals surface area contributed by atoms with E-state index in [0.29, 0.717) is 12.1 Å². The Morgan fingerprint density at radius 3 is 1.69 bits per heavy atom. The molecule has 0 aliphatic rings. The van der Waals surface area contributed by atoms with Crippen molar-refractivity contribution in [2.75, 3.05) is 0 Å². The summed E-state index contributed by atoms with van der Waals surface area (Å²) in [5, 5.41) is 3.46. The van der Waals surface area contributed by atoms with Crippen molar-refractivity contribution in [1.82, 2.24) is 0 Å². The first kappa shape index (κ1) is 13.7. The monoisotopic (exact) mass is 307 g/mol. The first-order chi connectivity index (χ1) is 7.03. The quantitative estimate of drug-likeness (QED) is 0.833. The number of primary sulfonamides is 1. The normalized spacial score (nSPS) is 12.8. The van der Waals surface area contributed by atoms with E-state index in [-0.39, 0.29) is 0 Å². The number of hydrogen-bond donors (Lipinski definition) is 1. The minimum Gasteiger partial charge on any atom is -0.225 e. The third-order valence-electron chi connectivity index (χ3n) is 1.54. The summed E-state index contributed by atoms with van der Waals surface area (Å²) in [4.78, 5) is -1.49. The van der Waals surface area contributed by atoms with Crippen LogP contribution in [-0.4, -0.2) is 16.8 Å². The fourth-order valence-corrected chi connectivity index (χ4v) is 3.25. The lowest BCUT2D eigenvalue weighted by molar-refractivity contribution is 0.552. The van der Waals surface area contributed by atoms with Gasteiger partial charge < -0.3 is 0 Å². The minimum atomic E-state index is -5.13. The van der Waals surface area contributed by atoms with E-state index in [0.717, 1.165) is 0 Å². The van der Waals surface area contributed by atoms with Gasteiger partial charge in [-0.15, -0.1) is 3.89 Å². The molecular formula is C6H4Cl2FNO4S2. The van der Waals surface area contributed by atoms with Crippen LogP contribution in [0.2, 0.25) is 10.0 Å². The smallest absolute Gasteiger partial charge is 0.225 e. The van der Waals surface area contributed by atoms with Crippen molar-refractivity contribution < 1.29 is 20.7 Å². The molecule has 0 fully saturated rings. The van der Waals surface area contributed by atoms with Crippen molar-refractivity contribution in [2.45, 2.75) is 9.79 Å². The summed E-state index contributed by atoms with van der Waals surface area (Å²) < 4.78 is 55.8. The fourth-order valence-electron chi connectivity index (χ4n) is 0.934. The van der Waals surface area contributed by atoms with Gasteiger partial charge in [-0.2, -0.15) is 8.42 Å². The Kier molecular flexibility index (Phi) is 3.51. The highest BCUT2D eigenvalue weighted by atomic mass is 35.5. The Bertz CT molecular complexity index is 617. The van der Waals surface area contributed by atoms with E-state index in [4.69, 9.17) is 28.3 Å². The molecule has 0 saturated carbocycles. The molecule has 0 heterocycles. The molecule has 90 valence electrons. The van der Waals surface area contributed by atoms with Crippen LogP contribution in [0.15, 0.2) is 21.9 Å². The highest BCUT2D eigenvalue weighted by Crippen LogP contribution is 2.33. The number of hydrogen-bond acceptors (Lipinski definition) is 4. The lowest BCUT2D eigenvalue weighted by atomic mass is 10.3. The summed E-state index contributed by atoms with van der Waals surface area (Å²) in [5.41, 5.74) is 0. The molecule has 1 aromatic rings. The number of halogens is 3. The van der Waals surface area contributed by atoms with Crippen molar-refractivity contribution in [3.8, 4) is 0 Å². The van der Waals surface area contributed by atoms with Crippen LogP contribution in [0.1, 0.15) is 0 Å².